The molecule has 0 atom stereocenters. The van der Waals surface area contributed by atoms with E-state index in [4.69, 9.17) is 21.4 Å². The Morgan fingerprint density at radius 3 is 2.14 bits per heavy atom. The fourth-order valence-electron chi connectivity index (χ4n) is 1.59. The van der Waals surface area contributed by atoms with E-state index in [1.54, 1.807) is 0 Å². The highest BCUT2D eigenvalue weighted by Crippen LogP contribution is 2.24. The van der Waals surface area contributed by atoms with Crippen molar-refractivity contribution in [1.82, 2.24) is 0 Å². The normalized spacial score (nSPS) is 11.6. The number of carboxylic acid groups (broad SMARTS) is 1. The first-order valence-electron chi connectivity index (χ1n) is 5.06. The van der Waals surface area contributed by atoms with Gasteiger partial charge in [-0.15, -0.1) is 11.6 Å². The number of carboxylic acids is 1. The second-order valence-corrected chi connectivity index (χ2v) is 3.71. The molecule has 0 aliphatic heterocycles. The maximum absolute atomic E-state index is 11.1. The number of ether oxygens (including phenoxy) is 1. The van der Waals surface area contributed by atoms with E-state index in [0.717, 1.165) is 12.8 Å². The minimum absolute atomic E-state index is 0.299. The Labute approximate surface area is 90.4 Å². The Hall–Kier alpha value is -0.280. The summed E-state index contributed by atoms with van der Waals surface area (Å²) < 4.78 is 5.39. The van der Waals surface area contributed by atoms with Gasteiger partial charge < -0.3 is 9.84 Å². The van der Waals surface area contributed by atoms with E-state index >= 15 is 0 Å². The summed E-state index contributed by atoms with van der Waals surface area (Å²) in [6.45, 7) is 4.21. The fourth-order valence-corrected chi connectivity index (χ4v) is 1.66. The zero-order valence-electron chi connectivity index (χ0n) is 8.88. The first-order chi connectivity index (χ1) is 6.63. The van der Waals surface area contributed by atoms with Crippen LogP contribution < -0.4 is 0 Å². The van der Waals surface area contributed by atoms with E-state index in [9.17, 15) is 4.79 Å². The molecule has 0 unspecified atom stereocenters. The van der Waals surface area contributed by atoms with Crippen molar-refractivity contribution in [3.05, 3.63) is 0 Å². The van der Waals surface area contributed by atoms with Crippen molar-refractivity contribution in [3.63, 3.8) is 0 Å². The van der Waals surface area contributed by atoms with Crippen molar-refractivity contribution in [3.8, 4) is 0 Å². The zero-order chi connectivity index (χ0) is 11.0. The van der Waals surface area contributed by atoms with Gasteiger partial charge in [0.1, 0.15) is 0 Å². The molecular formula is C10H19ClO3. The molecule has 0 aromatic heterocycles. The molecule has 0 aliphatic carbocycles. The van der Waals surface area contributed by atoms with Crippen molar-refractivity contribution < 1.29 is 14.6 Å². The van der Waals surface area contributed by atoms with Crippen LogP contribution >= 0.6 is 11.6 Å². The molecular weight excluding hydrogens is 204 g/mol. The van der Waals surface area contributed by atoms with E-state index < -0.39 is 11.6 Å². The van der Waals surface area contributed by atoms with E-state index in [-0.39, 0.29) is 0 Å². The Morgan fingerprint density at radius 2 is 1.86 bits per heavy atom. The second-order valence-electron chi connectivity index (χ2n) is 3.34. The Kier molecular flexibility index (Phi) is 6.93. The highest BCUT2D eigenvalue weighted by molar-refractivity contribution is 6.17. The van der Waals surface area contributed by atoms with Crippen LogP contribution in [0.4, 0.5) is 0 Å². The van der Waals surface area contributed by atoms with Gasteiger partial charge in [0, 0.05) is 5.88 Å². The lowest BCUT2D eigenvalue weighted by Crippen LogP contribution is -2.42. The number of carbonyl (C=O) groups is 1. The number of hydrogen-bond acceptors (Lipinski definition) is 2. The van der Waals surface area contributed by atoms with E-state index in [1.165, 1.54) is 0 Å². The third-order valence-corrected chi connectivity index (χ3v) is 2.31. The van der Waals surface area contributed by atoms with Gasteiger partial charge in [0.05, 0.1) is 6.61 Å². The monoisotopic (exact) mass is 222 g/mol. The summed E-state index contributed by atoms with van der Waals surface area (Å²) in [5.74, 6) is -0.533. The molecule has 0 aromatic rings. The quantitative estimate of drug-likeness (QED) is 0.643. The average molecular weight is 223 g/mol. The predicted octanol–water partition coefficient (Wildman–Crippen LogP) is 2.67. The lowest BCUT2D eigenvalue weighted by atomic mass is 9.92. The molecule has 0 bridgehead atoms. The summed E-state index contributed by atoms with van der Waals surface area (Å²) in [5.41, 5.74) is -1.02. The van der Waals surface area contributed by atoms with E-state index in [0.29, 0.717) is 25.3 Å². The number of rotatable bonds is 8. The molecule has 0 aromatic carbocycles. The van der Waals surface area contributed by atoms with Gasteiger partial charge in [0.15, 0.2) is 5.60 Å². The van der Waals surface area contributed by atoms with Crippen LogP contribution in [-0.4, -0.2) is 29.2 Å². The first-order valence-corrected chi connectivity index (χ1v) is 5.59. The zero-order valence-corrected chi connectivity index (χ0v) is 9.64. The second kappa shape index (κ2) is 7.07. The molecule has 0 amide bonds. The van der Waals surface area contributed by atoms with Crippen molar-refractivity contribution in [1.29, 1.82) is 0 Å². The van der Waals surface area contributed by atoms with Crippen LogP contribution in [-0.2, 0) is 9.53 Å². The molecule has 0 saturated heterocycles. The third-order valence-electron chi connectivity index (χ3n) is 2.15. The van der Waals surface area contributed by atoms with Crippen molar-refractivity contribution in [2.45, 2.75) is 45.1 Å². The number of hydrogen-bond donors (Lipinski definition) is 1. The SMILES string of the molecule is CCCC(CCC)(OCCCl)C(=O)O. The van der Waals surface area contributed by atoms with E-state index in [2.05, 4.69) is 0 Å². The average Bonchev–Trinajstić information content (AvgIpc) is 2.14. The molecule has 0 radical (unpaired) electrons. The molecule has 0 saturated carbocycles. The topological polar surface area (TPSA) is 46.5 Å². The standard InChI is InChI=1S/C10H19ClO3/c1-3-5-10(6-4-2,9(12)13)14-8-7-11/h3-8H2,1-2H3,(H,12,13). The molecule has 4 heteroatoms. The van der Waals surface area contributed by atoms with Gasteiger partial charge in [0.25, 0.3) is 0 Å². The molecule has 84 valence electrons. The summed E-state index contributed by atoms with van der Waals surface area (Å²) in [4.78, 5) is 11.1. The maximum Gasteiger partial charge on any atom is 0.335 e. The summed E-state index contributed by atoms with van der Waals surface area (Å²) in [7, 11) is 0. The fraction of sp³-hybridized carbons (Fsp3) is 0.900. The summed E-state index contributed by atoms with van der Waals surface area (Å²) >= 11 is 5.49. The molecule has 0 rings (SSSR count). The van der Waals surface area contributed by atoms with Gasteiger partial charge in [-0.1, -0.05) is 26.7 Å². The van der Waals surface area contributed by atoms with Crippen molar-refractivity contribution in [2.24, 2.45) is 0 Å². The van der Waals surface area contributed by atoms with E-state index in [1.807, 2.05) is 13.8 Å². The molecule has 0 spiro atoms. The van der Waals surface area contributed by atoms with Gasteiger partial charge in [0.2, 0.25) is 0 Å². The molecule has 0 heterocycles. The van der Waals surface area contributed by atoms with Crippen molar-refractivity contribution in [2.75, 3.05) is 12.5 Å². The van der Waals surface area contributed by atoms with Gasteiger partial charge in [-0.2, -0.15) is 0 Å². The van der Waals surface area contributed by atoms with Crippen LogP contribution in [0.1, 0.15) is 39.5 Å². The molecule has 0 fully saturated rings. The lowest BCUT2D eigenvalue weighted by Gasteiger charge is -2.28. The van der Waals surface area contributed by atoms with Crippen LogP contribution in [0.25, 0.3) is 0 Å². The van der Waals surface area contributed by atoms with Gasteiger partial charge in [-0.25, -0.2) is 4.79 Å². The van der Waals surface area contributed by atoms with Crippen LogP contribution in [0.15, 0.2) is 0 Å². The summed E-state index contributed by atoms with van der Waals surface area (Å²) in [6.07, 6.45) is 2.70. The van der Waals surface area contributed by atoms with Crippen LogP contribution in [0.5, 0.6) is 0 Å². The molecule has 3 nitrogen and oxygen atoms in total. The minimum atomic E-state index is -1.02. The van der Waals surface area contributed by atoms with Crippen LogP contribution in [0.2, 0.25) is 0 Å². The van der Waals surface area contributed by atoms with Gasteiger partial charge in [-0.3, -0.25) is 0 Å². The number of alkyl halides is 1. The maximum atomic E-state index is 11.1. The molecule has 1 N–H and O–H groups in total. The highest BCUT2D eigenvalue weighted by atomic mass is 35.5. The van der Waals surface area contributed by atoms with Gasteiger partial charge >= 0.3 is 5.97 Å². The van der Waals surface area contributed by atoms with Crippen LogP contribution in [0, 0.1) is 0 Å². The first kappa shape index (κ1) is 13.7. The third kappa shape index (κ3) is 3.84. The molecule has 0 aliphatic rings. The Balaban J connectivity index is 4.46. The summed E-state index contributed by atoms with van der Waals surface area (Å²) in [6, 6.07) is 0. The minimum Gasteiger partial charge on any atom is -0.479 e. The lowest BCUT2D eigenvalue weighted by molar-refractivity contribution is -0.167. The number of halogens is 1. The van der Waals surface area contributed by atoms with Crippen LogP contribution in [0.3, 0.4) is 0 Å². The predicted molar refractivity (Wildman–Crippen MR) is 56.9 cm³/mol. The highest BCUT2D eigenvalue weighted by Gasteiger charge is 2.37. The smallest absolute Gasteiger partial charge is 0.335 e. The largest absolute Gasteiger partial charge is 0.479 e. The summed E-state index contributed by atoms with van der Waals surface area (Å²) in [5, 5.41) is 9.14. The number of aliphatic carboxylic acids is 1. The van der Waals surface area contributed by atoms with Crippen molar-refractivity contribution >= 4 is 17.6 Å². The van der Waals surface area contributed by atoms with Gasteiger partial charge in [-0.05, 0) is 12.8 Å². The Bertz CT molecular complexity index is 165. The molecule has 14 heavy (non-hydrogen) atoms. The Morgan fingerprint density at radius 1 is 1.36 bits per heavy atom.